The van der Waals surface area contributed by atoms with Crippen molar-refractivity contribution in [2.24, 2.45) is 23.7 Å². The van der Waals surface area contributed by atoms with Gasteiger partial charge in [0.05, 0.1) is 0 Å². The minimum absolute atomic E-state index is 0.925. The van der Waals surface area contributed by atoms with Crippen molar-refractivity contribution < 1.29 is 0 Å². The first kappa shape index (κ1) is 5.17. The van der Waals surface area contributed by atoms with E-state index in [1.165, 1.54) is 12.8 Å². The van der Waals surface area contributed by atoms with Gasteiger partial charge in [-0.3, -0.25) is 0 Å². The van der Waals surface area contributed by atoms with Crippen molar-refractivity contribution in [3.63, 3.8) is 0 Å². The highest BCUT2D eigenvalue weighted by molar-refractivity contribution is 5.21. The molecule has 4 atom stereocenters. The predicted molar refractivity (Wildman–Crippen MR) is 41.5 cm³/mol. The summed E-state index contributed by atoms with van der Waals surface area (Å²) in [6.07, 6.45) is 12.5. The Morgan fingerprint density at radius 1 is 1.00 bits per heavy atom. The number of allylic oxidation sites excluding steroid dienone is 4. The molecule has 0 aromatic heterocycles. The van der Waals surface area contributed by atoms with E-state index in [9.17, 15) is 0 Å². The van der Waals surface area contributed by atoms with E-state index in [0.29, 0.717) is 0 Å². The lowest BCUT2D eigenvalue weighted by Gasteiger charge is -2.18. The summed E-state index contributed by atoms with van der Waals surface area (Å²) >= 11 is 0. The zero-order valence-corrected chi connectivity index (χ0v) is 6.03. The molecule has 0 saturated heterocycles. The SMILES string of the molecule is C1=C[C@H]2C3C=C[C@H](C3)[C@H]2C1. The monoisotopic (exact) mass is 132 g/mol. The Hall–Kier alpha value is -0.520. The molecule has 0 aromatic carbocycles. The lowest BCUT2D eigenvalue weighted by Crippen LogP contribution is -2.12. The molecule has 2 bridgehead atoms. The van der Waals surface area contributed by atoms with Crippen LogP contribution >= 0.6 is 0 Å². The number of fused-ring (bicyclic) bond motifs is 5. The highest BCUT2D eigenvalue weighted by Gasteiger charge is 2.44. The molecule has 3 aliphatic carbocycles. The minimum Gasteiger partial charge on any atom is -0.0879 e. The molecule has 10 heavy (non-hydrogen) atoms. The molecule has 0 amide bonds. The van der Waals surface area contributed by atoms with E-state index in [4.69, 9.17) is 0 Å². The lowest BCUT2D eigenvalue weighted by atomic mass is 9.86. The van der Waals surface area contributed by atoms with Crippen molar-refractivity contribution in [2.75, 3.05) is 0 Å². The summed E-state index contributed by atoms with van der Waals surface area (Å²) < 4.78 is 0. The quantitative estimate of drug-likeness (QED) is 0.444. The summed E-state index contributed by atoms with van der Waals surface area (Å²) in [7, 11) is 0. The highest BCUT2D eigenvalue weighted by atomic mass is 14.5. The molecule has 3 rings (SSSR count). The second kappa shape index (κ2) is 1.55. The first-order chi connectivity index (χ1) is 4.95. The Kier molecular flexibility index (Phi) is 0.803. The maximum atomic E-state index is 2.44. The molecular formula is C10H12. The maximum absolute atomic E-state index is 2.44. The van der Waals surface area contributed by atoms with Gasteiger partial charge in [-0.15, -0.1) is 0 Å². The zero-order chi connectivity index (χ0) is 6.55. The first-order valence-electron chi connectivity index (χ1n) is 4.30. The molecule has 3 aliphatic rings. The lowest BCUT2D eigenvalue weighted by molar-refractivity contribution is 0.398. The fraction of sp³-hybridized carbons (Fsp3) is 0.600. The van der Waals surface area contributed by atoms with Crippen LogP contribution in [0.15, 0.2) is 24.3 Å². The van der Waals surface area contributed by atoms with Crippen LogP contribution in [0.2, 0.25) is 0 Å². The molecule has 1 fully saturated rings. The van der Waals surface area contributed by atoms with Crippen LogP contribution in [0.4, 0.5) is 0 Å². The van der Waals surface area contributed by atoms with Crippen LogP contribution in [0.3, 0.4) is 0 Å². The van der Waals surface area contributed by atoms with E-state index >= 15 is 0 Å². The number of rotatable bonds is 0. The van der Waals surface area contributed by atoms with E-state index in [-0.39, 0.29) is 0 Å². The van der Waals surface area contributed by atoms with Crippen molar-refractivity contribution in [1.29, 1.82) is 0 Å². The zero-order valence-electron chi connectivity index (χ0n) is 6.03. The summed E-state index contributed by atoms with van der Waals surface area (Å²) in [5.41, 5.74) is 0. The van der Waals surface area contributed by atoms with Crippen LogP contribution in [0.25, 0.3) is 0 Å². The molecule has 0 spiro atoms. The smallest absolute Gasteiger partial charge is 0.0133 e. The van der Waals surface area contributed by atoms with Gasteiger partial charge >= 0.3 is 0 Å². The highest BCUT2D eigenvalue weighted by Crippen LogP contribution is 2.52. The minimum atomic E-state index is 0.925. The molecule has 0 aliphatic heterocycles. The van der Waals surface area contributed by atoms with Crippen molar-refractivity contribution in [1.82, 2.24) is 0 Å². The topological polar surface area (TPSA) is 0 Å². The largest absolute Gasteiger partial charge is 0.0879 e. The Balaban J connectivity index is 2.04. The Bertz CT molecular complexity index is 212. The second-order valence-corrected chi connectivity index (χ2v) is 3.85. The van der Waals surface area contributed by atoms with Crippen LogP contribution in [-0.2, 0) is 0 Å². The van der Waals surface area contributed by atoms with Gasteiger partial charge in [0.15, 0.2) is 0 Å². The predicted octanol–water partition coefficient (Wildman–Crippen LogP) is 2.38. The third kappa shape index (κ3) is 0.448. The third-order valence-corrected chi connectivity index (χ3v) is 3.46. The molecule has 1 unspecified atom stereocenters. The number of hydrogen-bond donors (Lipinski definition) is 0. The average molecular weight is 132 g/mol. The van der Waals surface area contributed by atoms with Crippen LogP contribution in [0, 0.1) is 23.7 Å². The normalized spacial score (nSPS) is 54.4. The standard InChI is InChI=1S/C10H12/c1-2-9-7-4-5-8(6-7)10(9)3-1/h1-2,4-5,7-10H,3,6H2/t7?,8-,9+,10-/m1/s1. The molecule has 0 nitrogen and oxygen atoms in total. The van der Waals surface area contributed by atoms with Crippen molar-refractivity contribution >= 4 is 0 Å². The second-order valence-electron chi connectivity index (χ2n) is 3.85. The van der Waals surface area contributed by atoms with E-state index in [2.05, 4.69) is 24.3 Å². The Morgan fingerprint density at radius 2 is 1.90 bits per heavy atom. The molecule has 0 heteroatoms. The molecule has 0 N–H and O–H groups in total. The van der Waals surface area contributed by atoms with Gasteiger partial charge < -0.3 is 0 Å². The summed E-state index contributed by atoms with van der Waals surface area (Å²) in [5, 5.41) is 0. The average Bonchev–Trinajstić information content (AvgIpc) is 2.60. The van der Waals surface area contributed by atoms with Gasteiger partial charge in [-0.2, -0.15) is 0 Å². The fourth-order valence-corrected chi connectivity index (χ4v) is 2.97. The van der Waals surface area contributed by atoms with Gasteiger partial charge in [-0.05, 0) is 36.5 Å². The molecule has 0 radical (unpaired) electrons. The molecule has 1 saturated carbocycles. The third-order valence-electron chi connectivity index (χ3n) is 3.46. The summed E-state index contributed by atoms with van der Waals surface area (Å²) in [6.45, 7) is 0. The van der Waals surface area contributed by atoms with Crippen LogP contribution in [0.5, 0.6) is 0 Å². The van der Waals surface area contributed by atoms with Crippen LogP contribution in [0.1, 0.15) is 12.8 Å². The van der Waals surface area contributed by atoms with E-state index in [0.717, 1.165) is 23.7 Å². The first-order valence-corrected chi connectivity index (χ1v) is 4.30. The summed E-state index contributed by atoms with van der Waals surface area (Å²) in [6, 6.07) is 0. The molecule has 52 valence electrons. The van der Waals surface area contributed by atoms with Crippen LogP contribution in [-0.4, -0.2) is 0 Å². The summed E-state index contributed by atoms with van der Waals surface area (Å²) in [4.78, 5) is 0. The van der Waals surface area contributed by atoms with Gasteiger partial charge in [0.2, 0.25) is 0 Å². The van der Waals surface area contributed by atoms with E-state index < -0.39 is 0 Å². The van der Waals surface area contributed by atoms with E-state index in [1.807, 2.05) is 0 Å². The molecular weight excluding hydrogens is 120 g/mol. The van der Waals surface area contributed by atoms with E-state index in [1.54, 1.807) is 0 Å². The van der Waals surface area contributed by atoms with Gasteiger partial charge in [0.1, 0.15) is 0 Å². The van der Waals surface area contributed by atoms with Gasteiger partial charge in [-0.1, -0.05) is 24.3 Å². The van der Waals surface area contributed by atoms with Crippen molar-refractivity contribution in [3.05, 3.63) is 24.3 Å². The maximum Gasteiger partial charge on any atom is -0.0133 e. The van der Waals surface area contributed by atoms with Gasteiger partial charge in [-0.25, -0.2) is 0 Å². The fourth-order valence-electron chi connectivity index (χ4n) is 2.97. The van der Waals surface area contributed by atoms with Gasteiger partial charge in [0, 0.05) is 0 Å². The van der Waals surface area contributed by atoms with Crippen molar-refractivity contribution in [2.45, 2.75) is 12.8 Å². The van der Waals surface area contributed by atoms with Crippen molar-refractivity contribution in [3.8, 4) is 0 Å². The van der Waals surface area contributed by atoms with Crippen LogP contribution < -0.4 is 0 Å². The Labute approximate surface area is 61.6 Å². The summed E-state index contributed by atoms with van der Waals surface area (Å²) in [5.74, 6) is 3.82. The Morgan fingerprint density at radius 3 is 2.80 bits per heavy atom. The molecule has 0 heterocycles. The van der Waals surface area contributed by atoms with Gasteiger partial charge in [0.25, 0.3) is 0 Å². The number of hydrogen-bond acceptors (Lipinski definition) is 0. The molecule has 0 aromatic rings.